The van der Waals surface area contributed by atoms with Crippen LogP contribution in [0, 0.1) is 5.92 Å². The molecule has 1 aliphatic carbocycles. The molecule has 4 heteroatoms. The van der Waals surface area contributed by atoms with Crippen molar-refractivity contribution in [2.75, 3.05) is 0 Å². The van der Waals surface area contributed by atoms with Crippen LogP contribution in [0.1, 0.15) is 71.1 Å². The Morgan fingerprint density at radius 1 is 1.19 bits per heavy atom. The summed E-state index contributed by atoms with van der Waals surface area (Å²) in [4.78, 5) is 23.3. The molecule has 1 rings (SSSR count). The highest BCUT2D eigenvalue weighted by atomic mass is 32.1. The standard InChI is InChI=1S/C17H26O3S/c1-2-3-4-5-6-7-8-9-10-13-11-15(21)14(17(13)20)12-16(18)19/h12-13H,2-11H2,1H3,(H,18,19)/b14-12+. The molecule has 0 heterocycles. The number of allylic oxidation sites excluding steroid dienone is 1. The molecule has 118 valence electrons. The fourth-order valence-corrected chi connectivity index (χ4v) is 3.18. The zero-order valence-electron chi connectivity index (χ0n) is 12.9. The summed E-state index contributed by atoms with van der Waals surface area (Å²) in [5.74, 6) is -1.23. The smallest absolute Gasteiger partial charge is 0.329 e. The number of unbranched alkanes of at least 4 members (excludes halogenated alkanes) is 7. The molecule has 0 radical (unpaired) electrons. The number of hydrogen-bond acceptors (Lipinski definition) is 3. The van der Waals surface area contributed by atoms with Crippen LogP contribution in [0.15, 0.2) is 11.6 Å². The third-order valence-electron chi connectivity index (χ3n) is 4.04. The first-order valence-corrected chi connectivity index (χ1v) is 8.49. The predicted molar refractivity (Wildman–Crippen MR) is 88.7 cm³/mol. The van der Waals surface area contributed by atoms with E-state index in [4.69, 9.17) is 17.3 Å². The number of carbonyl (C=O) groups is 2. The van der Waals surface area contributed by atoms with E-state index in [9.17, 15) is 9.59 Å². The maximum absolute atomic E-state index is 12.1. The second-order valence-corrected chi connectivity index (χ2v) is 6.34. The van der Waals surface area contributed by atoms with Crippen molar-refractivity contribution in [2.24, 2.45) is 5.92 Å². The monoisotopic (exact) mass is 310 g/mol. The fourth-order valence-electron chi connectivity index (χ4n) is 2.82. The first-order chi connectivity index (χ1) is 10.1. The number of carboxylic acids is 1. The summed E-state index contributed by atoms with van der Waals surface area (Å²) >= 11 is 5.12. The summed E-state index contributed by atoms with van der Waals surface area (Å²) in [5.41, 5.74) is 0.252. The molecule has 1 atom stereocenters. The number of thiocarbonyl (C=S) groups is 1. The summed E-state index contributed by atoms with van der Waals surface area (Å²) in [5, 5.41) is 8.74. The third-order valence-corrected chi connectivity index (χ3v) is 4.43. The number of carbonyl (C=O) groups excluding carboxylic acids is 1. The van der Waals surface area contributed by atoms with Gasteiger partial charge < -0.3 is 5.11 Å². The van der Waals surface area contributed by atoms with Crippen LogP contribution in [0.2, 0.25) is 0 Å². The molecule has 0 aromatic heterocycles. The normalized spacial score (nSPS) is 20.4. The Labute approximate surface area is 132 Å². The molecular weight excluding hydrogens is 284 g/mol. The van der Waals surface area contributed by atoms with Crippen LogP contribution in [-0.4, -0.2) is 21.7 Å². The molecule has 0 aliphatic heterocycles. The SMILES string of the molecule is CCCCCCCCCCC1CC(=S)/C(=C\C(=O)O)C1=O. The molecule has 1 unspecified atom stereocenters. The van der Waals surface area contributed by atoms with Gasteiger partial charge >= 0.3 is 5.97 Å². The number of ketones is 1. The fraction of sp³-hybridized carbons (Fsp3) is 0.706. The zero-order chi connectivity index (χ0) is 15.7. The van der Waals surface area contributed by atoms with Crippen molar-refractivity contribution >= 4 is 28.8 Å². The van der Waals surface area contributed by atoms with E-state index in [2.05, 4.69) is 6.92 Å². The van der Waals surface area contributed by atoms with Gasteiger partial charge in [-0.15, -0.1) is 0 Å². The van der Waals surface area contributed by atoms with Gasteiger partial charge in [0.1, 0.15) is 0 Å². The first kappa shape index (κ1) is 18.0. The van der Waals surface area contributed by atoms with Crippen LogP contribution < -0.4 is 0 Å². The number of Topliss-reactive ketones (excluding diaryl/α,β-unsaturated/α-hetero) is 1. The number of hydrogen-bond donors (Lipinski definition) is 1. The van der Waals surface area contributed by atoms with Gasteiger partial charge in [-0.05, 0) is 12.8 Å². The molecule has 0 aromatic rings. The summed E-state index contributed by atoms with van der Waals surface area (Å²) in [6.07, 6.45) is 12.3. The van der Waals surface area contributed by atoms with Crippen LogP contribution >= 0.6 is 12.2 Å². The molecule has 1 N–H and O–H groups in total. The van der Waals surface area contributed by atoms with Gasteiger partial charge in [-0.25, -0.2) is 4.79 Å². The quantitative estimate of drug-likeness (QED) is 0.367. The number of carboxylic acid groups (broad SMARTS) is 1. The second kappa shape index (κ2) is 9.82. The minimum atomic E-state index is -1.09. The van der Waals surface area contributed by atoms with Gasteiger partial charge in [-0.1, -0.05) is 70.5 Å². The molecular formula is C17H26O3S. The summed E-state index contributed by atoms with van der Waals surface area (Å²) in [6, 6.07) is 0. The van der Waals surface area contributed by atoms with Crippen molar-refractivity contribution in [3.63, 3.8) is 0 Å². The van der Waals surface area contributed by atoms with Crippen LogP contribution in [0.3, 0.4) is 0 Å². The van der Waals surface area contributed by atoms with Crippen LogP contribution in [0.25, 0.3) is 0 Å². The lowest BCUT2D eigenvalue weighted by Gasteiger charge is -2.06. The maximum atomic E-state index is 12.1. The third kappa shape index (κ3) is 6.51. The lowest BCUT2D eigenvalue weighted by Crippen LogP contribution is -2.09. The highest BCUT2D eigenvalue weighted by Crippen LogP contribution is 2.29. The lowest BCUT2D eigenvalue weighted by atomic mass is 9.97. The maximum Gasteiger partial charge on any atom is 0.329 e. The van der Waals surface area contributed by atoms with Crippen molar-refractivity contribution < 1.29 is 14.7 Å². The van der Waals surface area contributed by atoms with Gasteiger partial charge in [0.15, 0.2) is 5.78 Å². The summed E-state index contributed by atoms with van der Waals surface area (Å²) in [7, 11) is 0. The molecule has 0 bridgehead atoms. The highest BCUT2D eigenvalue weighted by molar-refractivity contribution is 7.81. The first-order valence-electron chi connectivity index (χ1n) is 8.08. The van der Waals surface area contributed by atoms with Crippen LogP contribution in [-0.2, 0) is 9.59 Å². The van der Waals surface area contributed by atoms with E-state index in [0.29, 0.717) is 11.3 Å². The van der Waals surface area contributed by atoms with E-state index in [1.165, 1.54) is 38.5 Å². The Bertz CT molecular complexity index is 412. The molecule has 0 spiro atoms. The van der Waals surface area contributed by atoms with Crippen molar-refractivity contribution in [3.8, 4) is 0 Å². The summed E-state index contributed by atoms with van der Waals surface area (Å²) in [6.45, 7) is 2.22. The van der Waals surface area contributed by atoms with E-state index < -0.39 is 5.97 Å². The van der Waals surface area contributed by atoms with Gasteiger partial charge in [0, 0.05) is 22.4 Å². The highest BCUT2D eigenvalue weighted by Gasteiger charge is 2.33. The minimum absolute atomic E-state index is 0.0645. The Morgan fingerprint density at radius 3 is 2.33 bits per heavy atom. The van der Waals surface area contributed by atoms with Gasteiger partial charge in [0.05, 0.1) is 0 Å². The van der Waals surface area contributed by atoms with Gasteiger partial charge in [0.25, 0.3) is 0 Å². The van der Waals surface area contributed by atoms with Crippen molar-refractivity contribution in [1.29, 1.82) is 0 Å². The largest absolute Gasteiger partial charge is 0.478 e. The predicted octanol–water partition coefficient (Wildman–Crippen LogP) is 4.49. The van der Waals surface area contributed by atoms with Gasteiger partial charge in [-0.2, -0.15) is 0 Å². The molecule has 1 aliphatic rings. The zero-order valence-corrected chi connectivity index (χ0v) is 13.7. The molecule has 0 aromatic carbocycles. The molecule has 21 heavy (non-hydrogen) atoms. The second-order valence-electron chi connectivity index (χ2n) is 5.85. The van der Waals surface area contributed by atoms with Gasteiger partial charge in [-0.3, -0.25) is 4.79 Å². The molecule has 1 fully saturated rings. The minimum Gasteiger partial charge on any atom is -0.478 e. The lowest BCUT2D eigenvalue weighted by molar-refractivity contribution is -0.131. The van der Waals surface area contributed by atoms with Crippen molar-refractivity contribution in [2.45, 2.75) is 71.1 Å². The topological polar surface area (TPSA) is 54.4 Å². The Kier molecular flexibility index (Phi) is 8.43. The Balaban J connectivity index is 2.20. The summed E-state index contributed by atoms with van der Waals surface area (Å²) < 4.78 is 0. The number of aliphatic carboxylic acids is 1. The molecule has 3 nitrogen and oxygen atoms in total. The van der Waals surface area contributed by atoms with Crippen molar-refractivity contribution in [1.82, 2.24) is 0 Å². The van der Waals surface area contributed by atoms with Crippen LogP contribution in [0.4, 0.5) is 0 Å². The molecule has 0 amide bonds. The molecule has 0 saturated heterocycles. The number of rotatable bonds is 10. The van der Waals surface area contributed by atoms with Crippen LogP contribution in [0.5, 0.6) is 0 Å². The Hall–Kier alpha value is -1.03. The average Bonchev–Trinajstić information content (AvgIpc) is 2.69. The average molecular weight is 310 g/mol. The van der Waals surface area contributed by atoms with Gasteiger partial charge in [0.2, 0.25) is 0 Å². The Morgan fingerprint density at radius 2 is 1.76 bits per heavy atom. The van der Waals surface area contributed by atoms with E-state index in [0.717, 1.165) is 25.3 Å². The van der Waals surface area contributed by atoms with E-state index in [1.54, 1.807) is 0 Å². The van der Waals surface area contributed by atoms with E-state index in [-0.39, 0.29) is 17.3 Å². The van der Waals surface area contributed by atoms with E-state index >= 15 is 0 Å². The van der Waals surface area contributed by atoms with Crippen molar-refractivity contribution in [3.05, 3.63) is 11.6 Å². The van der Waals surface area contributed by atoms with E-state index in [1.807, 2.05) is 0 Å². The molecule has 1 saturated carbocycles.